The Balaban J connectivity index is 2.13. The van der Waals surface area contributed by atoms with Crippen LogP contribution in [0, 0.1) is 5.92 Å². The van der Waals surface area contributed by atoms with Crippen molar-refractivity contribution in [3.8, 4) is 11.5 Å². The van der Waals surface area contributed by atoms with Gasteiger partial charge in [-0.15, -0.1) is 0 Å². The lowest BCUT2D eigenvalue weighted by molar-refractivity contribution is -0.137. The highest BCUT2D eigenvalue weighted by Crippen LogP contribution is 2.35. The number of aliphatic carboxylic acids is 1. The summed E-state index contributed by atoms with van der Waals surface area (Å²) < 4.78 is 15.8. The molecule has 0 unspecified atom stereocenters. The van der Waals surface area contributed by atoms with Crippen LogP contribution in [0.4, 0.5) is 0 Å². The predicted octanol–water partition coefficient (Wildman–Crippen LogP) is 1.76. The minimum atomic E-state index is -0.993. The number of benzene rings is 1. The highest BCUT2D eigenvalue weighted by molar-refractivity contribution is 5.83. The van der Waals surface area contributed by atoms with E-state index in [9.17, 15) is 9.59 Å². The maximum atomic E-state index is 12.3. The van der Waals surface area contributed by atoms with E-state index in [0.717, 1.165) is 0 Å². The third kappa shape index (κ3) is 4.38. The molecular weight excluding hydrogens is 314 g/mol. The minimum Gasteiger partial charge on any atom is -0.493 e. The summed E-state index contributed by atoms with van der Waals surface area (Å²) in [5.41, 5.74) is 0.650. The fraction of sp³-hybridized carbons (Fsp3) is 0.529. The van der Waals surface area contributed by atoms with Gasteiger partial charge in [0.25, 0.3) is 0 Å². The molecule has 0 bridgehead atoms. The molecule has 0 aliphatic heterocycles. The molecule has 132 valence electrons. The number of carbonyl (C=O) groups is 2. The molecule has 1 aliphatic rings. The number of methoxy groups -OCH3 is 2. The summed E-state index contributed by atoms with van der Waals surface area (Å²) in [6.07, 6.45) is 0.393. The van der Waals surface area contributed by atoms with Gasteiger partial charge in [-0.3, -0.25) is 9.59 Å². The van der Waals surface area contributed by atoms with E-state index in [1.54, 1.807) is 18.2 Å². The van der Waals surface area contributed by atoms with E-state index in [2.05, 4.69) is 5.32 Å². The average molecular weight is 337 g/mol. The van der Waals surface area contributed by atoms with Crippen molar-refractivity contribution < 1.29 is 28.9 Å². The van der Waals surface area contributed by atoms with Crippen LogP contribution in [-0.2, 0) is 14.3 Å². The molecular formula is C17H23NO6. The number of ether oxygens (including phenoxy) is 3. The highest BCUT2D eigenvalue weighted by Gasteiger charge is 2.44. The Bertz CT molecular complexity index is 603. The molecule has 0 aromatic heterocycles. The monoisotopic (exact) mass is 337 g/mol. The summed E-state index contributed by atoms with van der Waals surface area (Å²) in [6, 6.07) is 4.45. The number of nitrogens with one attached hydrogen (secondary N) is 1. The molecule has 1 aliphatic carbocycles. The van der Waals surface area contributed by atoms with Gasteiger partial charge in [-0.2, -0.15) is 0 Å². The lowest BCUT2D eigenvalue weighted by atomic mass is 10.0. The van der Waals surface area contributed by atoms with E-state index >= 15 is 0 Å². The molecule has 1 aromatic rings. The Labute approximate surface area is 140 Å². The molecule has 1 aromatic carbocycles. The lowest BCUT2D eigenvalue weighted by Crippen LogP contribution is -2.32. The molecule has 0 radical (unpaired) electrons. The van der Waals surface area contributed by atoms with Gasteiger partial charge >= 0.3 is 5.97 Å². The molecule has 0 heterocycles. The van der Waals surface area contributed by atoms with Crippen molar-refractivity contribution in [2.45, 2.75) is 31.9 Å². The number of carboxylic acids is 1. The van der Waals surface area contributed by atoms with Gasteiger partial charge in [0.15, 0.2) is 11.5 Å². The fourth-order valence-corrected chi connectivity index (χ4v) is 2.62. The van der Waals surface area contributed by atoms with Crippen LogP contribution in [0.15, 0.2) is 18.2 Å². The molecule has 3 atom stereocenters. The molecule has 7 nitrogen and oxygen atoms in total. The van der Waals surface area contributed by atoms with E-state index in [0.29, 0.717) is 30.1 Å². The summed E-state index contributed by atoms with van der Waals surface area (Å²) >= 11 is 0. The first-order valence-corrected chi connectivity index (χ1v) is 7.85. The van der Waals surface area contributed by atoms with E-state index in [1.165, 1.54) is 14.2 Å². The van der Waals surface area contributed by atoms with Crippen molar-refractivity contribution in [2.75, 3.05) is 20.8 Å². The second-order valence-electron chi connectivity index (χ2n) is 5.61. The second-order valence-corrected chi connectivity index (χ2v) is 5.61. The van der Waals surface area contributed by atoms with E-state index < -0.39 is 12.0 Å². The number of hydrogen-bond donors (Lipinski definition) is 2. The Morgan fingerprint density at radius 3 is 2.58 bits per heavy atom. The average Bonchev–Trinajstić information content (AvgIpc) is 3.33. The van der Waals surface area contributed by atoms with Crippen LogP contribution in [0.25, 0.3) is 0 Å². The third-order valence-electron chi connectivity index (χ3n) is 3.95. The summed E-state index contributed by atoms with van der Waals surface area (Å²) in [5.74, 6) is -0.360. The van der Waals surface area contributed by atoms with E-state index in [4.69, 9.17) is 19.3 Å². The second kappa shape index (κ2) is 8.01. The van der Waals surface area contributed by atoms with Crippen molar-refractivity contribution in [2.24, 2.45) is 5.92 Å². The molecule has 2 N–H and O–H groups in total. The maximum Gasteiger partial charge on any atom is 0.305 e. The summed E-state index contributed by atoms with van der Waals surface area (Å²) in [5, 5.41) is 12.0. The standard InChI is InChI=1S/C17H23NO6/c1-4-24-14-8-11(14)17(21)18-12(9-16(19)20)10-5-6-13(22-2)15(7-10)23-3/h5-7,11-12,14H,4,8-9H2,1-3H3,(H,18,21)(H,19,20)/t11-,12+,14-/m1/s1. The van der Waals surface area contributed by atoms with Crippen LogP contribution in [0.1, 0.15) is 31.4 Å². The van der Waals surface area contributed by atoms with Gasteiger partial charge in [-0.05, 0) is 31.0 Å². The van der Waals surface area contributed by atoms with E-state index in [-0.39, 0.29) is 24.3 Å². The van der Waals surface area contributed by atoms with Gasteiger partial charge < -0.3 is 24.6 Å². The van der Waals surface area contributed by atoms with Gasteiger partial charge in [0, 0.05) is 6.61 Å². The summed E-state index contributed by atoms with van der Waals surface area (Å²) in [4.78, 5) is 23.5. The fourth-order valence-electron chi connectivity index (χ4n) is 2.62. The zero-order chi connectivity index (χ0) is 17.7. The normalized spacial score (nSPS) is 20.1. The zero-order valence-electron chi connectivity index (χ0n) is 14.1. The molecule has 1 amide bonds. The third-order valence-corrected chi connectivity index (χ3v) is 3.95. The molecule has 0 saturated heterocycles. The maximum absolute atomic E-state index is 12.3. The Kier molecular flexibility index (Phi) is 6.03. The van der Waals surface area contributed by atoms with Crippen LogP contribution in [0.3, 0.4) is 0 Å². The van der Waals surface area contributed by atoms with Crippen molar-refractivity contribution in [1.82, 2.24) is 5.32 Å². The number of carboxylic acid groups (broad SMARTS) is 1. The van der Waals surface area contributed by atoms with Gasteiger partial charge in [-0.25, -0.2) is 0 Å². The predicted molar refractivity (Wildman–Crippen MR) is 86.2 cm³/mol. The van der Waals surface area contributed by atoms with Crippen molar-refractivity contribution in [3.63, 3.8) is 0 Å². The van der Waals surface area contributed by atoms with Crippen LogP contribution in [-0.4, -0.2) is 43.9 Å². The number of hydrogen-bond acceptors (Lipinski definition) is 5. The van der Waals surface area contributed by atoms with Gasteiger partial charge in [0.1, 0.15) is 0 Å². The van der Waals surface area contributed by atoms with Gasteiger partial charge in [-0.1, -0.05) is 6.07 Å². The number of amides is 1. The Hall–Kier alpha value is -2.28. The highest BCUT2D eigenvalue weighted by atomic mass is 16.5. The summed E-state index contributed by atoms with van der Waals surface area (Å²) in [6.45, 7) is 2.44. The zero-order valence-corrected chi connectivity index (χ0v) is 14.1. The first-order valence-electron chi connectivity index (χ1n) is 7.85. The molecule has 7 heteroatoms. The van der Waals surface area contributed by atoms with Crippen LogP contribution >= 0.6 is 0 Å². The van der Waals surface area contributed by atoms with E-state index in [1.807, 2.05) is 6.92 Å². The first-order chi connectivity index (χ1) is 11.5. The van der Waals surface area contributed by atoms with Crippen LogP contribution in [0.5, 0.6) is 11.5 Å². The molecule has 1 fully saturated rings. The lowest BCUT2D eigenvalue weighted by Gasteiger charge is -2.19. The van der Waals surface area contributed by atoms with Crippen molar-refractivity contribution in [1.29, 1.82) is 0 Å². The summed E-state index contributed by atoms with van der Waals surface area (Å²) in [7, 11) is 3.03. The largest absolute Gasteiger partial charge is 0.493 e. The van der Waals surface area contributed by atoms with Gasteiger partial charge in [0.2, 0.25) is 5.91 Å². The smallest absolute Gasteiger partial charge is 0.305 e. The SMILES string of the molecule is CCO[C@@H]1C[C@H]1C(=O)N[C@@H](CC(=O)O)c1ccc(OC)c(OC)c1. The van der Waals surface area contributed by atoms with Crippen molar-refractivity contribution in [3.05, 3.63) is 23.8 Å². The van der Waals surface area contributed by atoms with Crippen molar-refractivity contribution >= 4 is 11.9 Å². The Morgan fingerprint density at radius 1 is 1.29 bits per heavy atom. The van der Waals surface area contributed by atoms with Crippen LogP contribution < -0.4 is 14.8 Å². The molecule has 24 heavy (non-hydrogen) atoms. The minimum absolute atomic E-state index is 0.0640. The topological polar surface area (TPSA) is 94.1 Å². The molecule has 2 rings (SSSR count). The van der Waals surface area contributed by atoms with Crippen LogP contribution in [0.2, 0.25) is 0 Å². The first kappa shape index (κ1) is 18.1. The Morgan fingerprint density at radius 2 is 2.00 bits per heavy atom. The number of carbonyl (C=O) groups excluding carboxylic acids is 1. The van der Waals surface area contributed by atoms with Gasteiger partial charge in [0.05, 0.1) is 38.7 Å². The molecule has 1 saturated carbocycles. The number of rotatable bonds is 9. The quantitative estimate of drug-likeness (QED) is 0.713. The molecule has 0 spiro atoms.